The van der Waals surface area contributed by atoms with E-state index in [4.69, 9.17) is 5.73 Å². The Hall–Kier alpha value is -1.77. The molecule has 0 spiro atoms. The molecule has 0 fully saturated rings. The highest BCUT2D eigenvalue weighted by molar-refractivity contribution is 5.69. The fourth-order valence-corrected chi connectivity index (χ4v) is 2.28. The third kappa shape index (κ3) is 2.40. The highest BCUT2D eigenvalue weighted by Crippen LogP contribution is 2.27. The van der Waals surface area contributed by atoms with Gasteiger partial charge >= 0.3 is 0 Å². The Morgan fingerprint density at radius 2 is 2.06 bits per heavy atom. The predicted molar refractivity (Wildman–Crippen MR) is 76.4 cm³/mol. The van der Waals surface area contributed by atoms with Crippen LogP contribution in [0.2, 0.25) is 0 Å². The molecule has 0 saturated carbocycles. The molecule has 96 valence electrons. The maximum absolute atomic E-state index is 5.96. The average molecular weight is 243 g/mol. The Labute approximate surface area is 109 Å². The Morgan fingerprint density at radius 1 is 1.28 bits per heavy atom. The molecule has 0 unspecified atom stereocenters. The van der Waals surface area contributed by atoms with E-state index in [-0.39, 0.29) is 0 Å². The first-order valence-corrected chi connectivity index (χ1v) is 6.57. The topological polar surface area (TPSA) is 43.8 Å². The van der Waals surface area contributed by atoms with Crippen molar-refractivity contribution < 1.29 is 0 Å². The molecule has 0 aliphatic heterocycles. The smallest absolute Gasteiger partial charge is 0.0702 e. The molecule has 3 nitrogen and oxygen atoms in total. The van der Waals surface area contributed by atoms with Gasteiger partial charge in [-0.2, -0.15) is 5.10 Å². The van der Waals surface area contributed by atoms with Crippen molar-refractivity contribution in [3.05, 3.63) is 35.7 Å². The van der Waals surface area contributed by atoms with Crippen molar-refractivity contribution in [1.29, 1.82) is 0 Å². The van der Waals surface area contributed by atoms with Crippen LogP contribution in [0, 0.1) is 0 Å². The minimum Gasteiger partial charge on any atom is -0.399 e. The number of hydrogen-bond acceptors (Lipinski definition) is 2. The lowest BCUT2D eigenvalue weighted by Crippen LogP contribution is -1.94. The zero-order valence-corrected chi connectivity index (χ0v) is 11.4. The number of nitrogens with two attached hydrogens (primary N) is 1. The number of nitrogens with zero attached hydrogens (tertiary/aromatic N) is 2. The van der Waals surface area contributed by atoms with Crippen LogP contribution in [0.5, 0.6) is 0 Å². The lowest BCUT2D eigenvalue weighted by molar-refractivity contribution is 0.733. The van der Waals surface area contributed by atoms with E-state index in [0.717, 1.165) is 24.9 Å². The van der Waals surface area contributed by atoms with Gasteiger partial charge in [-0.3, -0.25) is 4.68 Å². The largest absolute Gasteiger partial charge is 0.399 e. The van der Waals surface area contributed by atoms with E-state index in [2.05, 4.69) is 37.3 Å². The second kappa shape index (κ2) is 5.25. The quantitative estimate of drug-likeness (QED) is 0.838. The first-order chi connectivity index (χ1) is 8.65. The minimum atomic E-state index is 0.877. The van der Waals surface area contributed by atoms with Gasteiger partial charge in [-0.1, -0.05) is 26.3 Å². The molecule has 18 heavy (non-hydrogen) atoms. The maximum atomic E-state index is 5.96. The summed E-state index contributed by atoms with van der Waals surface area (Å²) in [4.78, 5) is 0. The maximum Gasteiger partial charge on any atom is 0.0702 e. The van der Waals surface area contributed by atoms with Crippen LogP contribution in [0.4, 0.5) is 5.69 Å². The van der Waals surface area contributed by atoms with Crippen LogP contribution in [-0.4, -0.2) is 9.78 Å². The Kier molecular flexibility index (Phi) is 3.70. The molecule has 0 radical (unpaired) electrons. The molecular formula is C15H21N3. The average Bonchev–Trinajstić information content (AvgIpc) is 2.71. The zero-order valence-electron chi connectivity index (χ0n) is 11.4. The minimum absolute atomic E-state index is 0.877. The van der Waals surface area contributed by atoms with Gasteiger partial charge < -0.3 is 5.73 Å². The van der Waals surface area contributed by atoms with E-state index in [1.165, 1.54) is 22.4 Å². The van der Waals surface area contributed by atoms with Gasteiger partial charge in [-0.25, -0.2) is 0 Å². The number of hydrogen-bond donors (Lipinski definition) is 1. The first-order valence-electron chi connectivity index (χ1n) is 6.57. The van der Waals surface area contributed by atoms with Gasteiger partial charge in [0.25, 0.3) is 0 Å². The van der Waals surface area contributed by atoms with Crippen molar-refractivity contribution in [2.24, 2.45) is 7.05 Å². The van der Waals surface area contributed by atoms with Crippen molar-refractivity contribution >= 4 is 5.69 Å². The molecule has 0 atom stereocenters. The normalized spacial score (nSPS) is 10.8. The van der Waals surface area contributed by atoms with E-state index in [1.54, 1.807) is 0 Å². The lowest BCUT2D eigenvalue weighted by atomic mass is 10.00. The van der Waals surface area contributed by atoms with Gasteiger partial charge in [-0.15, -0.1) is 0 Å². The van der Waals surface area contributed by atoms with Gasteiger partial charge in [0.15, 0.2) is 0 Å². The number of nitrogen functional groups attached to an aromatic ring is 1. The van der Waals surface area contributed by atoms with Gasteiger partial charge in [0.1, 0.15) is 0 Å². The molecule has 0 amide bonds. The molecule has 2 N–H and O–H groups in total. The Morgan fingerprint density at radius 3 is 2.72 bits per heavy atom. The zero-order chi connectivity index (χ0) is 13.1. The van der Waals surface area contributed by atoms with Crippen LogP contribution in [0.25, 0.3) is 11.1 Å². The molecule has 1 aromatic carbocycles. The molecule has 0 aliphatic rings. The van der Waals surface area contributed by atoms with Gasteiger partial charge in [-0.05, 0) is 36.1 Å². The summed E-state index contributed by atoms with van der Waals surface area (Å²) in [5, 5.41) is 4.54. The monoisotopic (exact) mass is 243 g/mol. The standard InChI is InChI=1S/C15H21N3/c1-4-6-15-13(10-18(3)17-15)12-7-8-14(16)11(5-2)9-12/h7-10H,4-6,16H2,1-3H3. The summed E-state index contributed by atoms with van der Waals surface area (Å²) in [6.07, 6.45) is 5.18. The van der Waals surface area contributed by atoms with Crippen LogP contribution in [0.15, 0.2) is 24.4 Å². The molecule has 3 heteroatoms. The van der Waals surface area contributed by atoms with Crippen molar-refractivity contribution in [2.45, 2.75) is 33.1 Å². The van der Waals surface area contributed by atoms with Crippen molar-refractivity contribution in [1.82, 2.24) is 9.78 Å². The summed E-state index contributed by atoms with van der Waals surface area (Å²) in [7, 11) is 1.97. The Bertz CT molecular complexity index is 541. The summed E-state index contributed by atoms with van der Waals surface area (Å²) >= 11 is 0. The van der Waals surface area contributed by atoms with Crippen molar-refractivity contribution in [3.8, 4) is 11.1 Å². The van der Waals surface area contributed by atoms with E-state index in [1.807, 2.05) is 17.8 Å². The molecule has 0 aliphatic carbocycles. The molecule has 0 bridgehead atoms. The summed E-state index contributed by atoms with van der Waals surface area (Å²) in [5.74, 6) is 0. The van der Waals surface area contributed by atoms with Crippen LogP contribution < -0.4 is 5.73 Å². The first kappa shape index (κ1) is 12.7. The van der Waals surface area contributed by atoms with Crippen molar-refractivity contribution in [3.63, 3.8) is 0 Å². The second-order valence-electron chi connectivity index (χ2n) is 4.68. The highest BCUT2D eigenvalue weighted by Gasteiger charge is 2.10. The fourth-order valence-electron chi connectivity index (χ4n) is 2.28. The van der Waals surface area contributed by atoms with Crippen LogP contribution >= 0.6 is 0 Å². The van der Waals surface area contributed by atoms with Crippen LogP contribution in [0.1, 0.15) is 31.5 Å². The predicted octanol–water partition coefficient (Wildman–Crippen LogP) is 3.18. The SMILES string of the molecule is CCCc1nn(C)cc1-c1ccc(N)c(CC)c1. The number of anilines is 1. The summed E-state index contributed by atoms with van der Waals surface area (Å²) in [6.45, 7) is 4.31. The van der Waals surface area contributed by atoms with Crippen molar-refractivity contribution in [2.75, 3.05) is 5.73 Å². The summed E-state index contributed by atoms with van der Waals surface area (Å²) in [6, 6.07) is 6.27. The van der Waals surface area contributed by atoms with E-state index >= 15 is 0 Å². The fraction of sp³-hybridized carbons (Fsp3) is 0.400. The third-order valence-electron chi connectivity index (χ3n) is 3.23. The third-order valence-corrected chi connectivity index (χ3v) is 3.23. The van der Waals surface area contributed by atoms with Gasteiger partial charge in [0, 0.05) is 24.5 Å². The number of benzene rings is 1. The van der Waals surface area contributed by atoms with Gasteiger partial charge in [0.05, 0.1) is 5.69 Å². The number of aryl methyl sites for hydroxylation is 3. The molecule has 2 aromatic rings. The van der Waals surface area contributed by atoms with Crippen LogP contribution in [0.3, 0.4) is 0 Å². The molecule has 2 rings (SSSR count). The molecular weight excluding hydrogens is 222 g/mol. The number of aromatic nitrogens is 2. The highest BCUT2D eigenvalue weighted by atomic mass is 15.2. The van der Waals surface area contributed by atoms with Gasteiger partial charge in [0.2, 0.25) is 0 Å². The van der Waals surface area contributed by atoms with E-state index in [9.17, 15) is 0 Å². The summed E-state index contributed by atoms with van der Waals surface area (Å²) < 4.78 is 1.89. The summed E-state index contributed by atoms with van der Waals surface area (Å²) in [5.41, 5.74) is 11.7. The number of rotatable bonds is 4. The van der Waals surface area contributed by atoms with E-state index in [0.29, 0.717) is 0 Å². The molecule has 0 saturated heterocycles. The lowest BCUT2D eigenvalue weighted by Gasteiger charge is -2.07. The Balaban J connectivity index is 2.47. The van der Waals surface area contributed by atoms with E-state index < -0.39 is 0 Å². The molecule has 1 heterocycles. The molecule has 1 aromatic heterocycles. The van der Waals surface area contributed by atoms with Crippen LogP contribution in [-0.2, 0) is 19.9 Å². The second-order valence-corrected chi connectivity index (χ2v) is 4.68.